The number of carbonyl (C=O) groups is 2. The minimum Gasteiger partial charge on any atom is -0.386 e. The average molecular weight is 341 g/mol. The van der Waals surface area contributed by atoms with E-state index >= 15 is 0 Å². The summed E-state index contributed by atoms with van der Waals surface area (Å²) in [7, 11) is 1.76. The molecule has 2 amide bonds. The molecule has 25 heavy (non-hydrogen) atoms. The van der Waals surface area contributed by atoms with Gasteiger partial charge in [-0.1, -0.05) is 32.1 Å². The quantitative estimate of drug-likeness (QED) is 0.866. The molecule has 0 fully saturated rings. The number of likely N-dealkylation sites (N-methyl/N-ethyl adjacent to an activating group) is 1. The highest BCUT2D eigenvalue weighted by molar-refractivity contribution is 5.95. The molecule has 134 valence electrons. The summed E-state index contributed by atoms with van der Waals surface area (Å²) < 4.78 is 0. The predicted octanol–water partition coefficient (Wildman–Crippen LogP) is 2.76. The van der Waals surface area contributed by atoms with Gasteiger partial charge in [-0.2, -0.15) is 0 Å². The van der Waals surface area contributed by atoms with E-state index in [0.29, 0.717) is 18.0 Å². The number of hydrogen-bond donors (Lipinski definition) is 1. The molecule has 0 bridgehead atoms. The van der Waals surface area contributed by atoms with Crippen LogP contribution in [0.2, 0.25) is 0 Å². The highest BCUT2D eigenvalue weighted by atomic mass is 16.2. The maximum Gasteiger partial charge on any atom is 0.258 e. The molecule has 1 heterocycles. The molecule has 0 saturated heterocycles. The number of nitrogens with zero attached hydrogens (tertiary/aromatic N) is 2. The number of rotatable bonds is 6. The highest BCUT2D eigenvalue weighted by Crippen LogP contribution is 2.14. The van der Waals surface area contributed by atoms with Crippen LogP contribution in [0.25, 0.3) is 0 Å². The van der Waals surface area contributed by atoms with E-state index in [0.717, 1.165) is 24.4 Å². The maximum atomic E-state index is 12.6. The van der Waals surface area contributed by atoms with Gasteiger partial charge in [0.1, 0.15) is 0 Å². The van der Waals surface area contributed by atoms with Crippen LogP contribution in [0.3, 0.4) is 0 Å². The zero-order valence-electron chi connectivity index (χ0n) is 15.5. The van der Waals surface area contributed by atoms with Crippen molar-refractivity contribution in [1.82, 2.24) is 15.1 Å². The molecule has 0 atom stereocenters. The van der Waals surface area contributed by atoms with Gasteiger partial charge in [-0.15, -0.1) is 0 Å². The first-order valence-corrected chi connectivity index (χ1v) is 8.61. The van der Waals surface area contributed by atoms with Crippen LogP contribution in [0.5, 0.6) is 0 Å². The molecule has 5 nitrogen and oxygen atoms in total. The first-order chi connectivity index (χ1) is 11.9. The van der Waals surface area contributed by atoms with E-state index in [-0.39, 0.29) is 11.8 Å². The fourth-order valence-electron chi connectivity index (χ4n) is 2.70. The SMILES string of the molecule is CC(=O)N(Cc1ccc(C(=O)N(C)C2=CNCC=C2)cc1)CC(C)C. The molecule has 0 unspecified atom stereocenters. The zero-order valence-corrected chi connectivity index (χ0v) is 15.5. The van der Waals surface area contributed by atoms with Gasteiger partial charge in [0.2, 0.25) is 5.91 Å². The lowest BCUT2D eigenvalue weighted by atomic mass is 10.1. The summed E-state index contributed by atoms with van der Waals surface area (Å²) in [6, 6.07) is 7.48. The van der Waals surface area contributed by atoms with Crippen molar-refractivity contribution in [3.8, 4) is 0 Å². The minimum absolute atomic E-state index is 0.0586. The zero-order chi connectivity index (χ0) is 18.4. The summed E-state index contributed by atoms with van der Waals surface area (Å²) in [5, 5.41) is 3.10. The third kappa shape index (κ3) is 5.21. The van der Waals surface area contributed by atoms with Gasteiger partial charge in [0.15, 0.2) is 0 Å². The Hall–Kier alpha value is -2.56. The van der Waals surface area contributed by atoms with Gasteiger partial charge in [-0.05, 0) is 29.7 Å². The number of amides is 2. The molecule has 1 aromatic rings. The van der Waals surface area contributed by atoms with E-state index in [1.807, 2.05) is 47.5 Å². The Morgan fingerprint density at radius 3 is 2.40 bits per heavy atom. The second-order valence-electron chi connectivity index (χ2n) is 6.73. The Kier molecular flexibility index (Phi) is 6.39. The normalized spacial score (nSPS) is 13.2. The summed E-state index contributed by atoms with van der Waals surface area (Å²) in [5.74, 6) is 0.428. The Bertz CT molecular complexity index is 675. The topological polar surface area (TPSA) is 52.7 Å². The molecule has 2 rings (SSSR count). The molecule has 0 aliphatic carbocycles. The van der Waals surface area contributed by atoms with Crippen molar-refractivity contribution in [2.75, 3.05) is 20.1 Å². The van der Waals surface area contributed by atoms with Gasteiger partial charge in [0.25, 0.3) is 5.91 Å². The Labute approximate surface area is 150 Å². The molecular weight excluding hydrogens is 314 g/mol. The number of carbonyl (C=O) groups excluding carboxylic acids is 2. The third-order valence-electron chi connectivity index (χ3n) is 4.07. The molecule has 0 saturated carbocycles. The number of hydrogen-bond acceptors (Lipinski definition) is 3. The van der Waals surface area contributed by atoms with Crippen LogP contribution in [-0.2, 0) is 11.3 Å². The largest absolute Gasteiger partial charge is 0.386 e. The smallest absolute Gasteiger partial charge is 0.258 e. The lowest BCUT2D eigenvalue weighted by molar-refractivity contribution is -0.130. The van der Waals surface area contributed by atoms with Crippen molar-refractivity contribution in [3.05, 3.63) is 59.4 Å². The molecule has 5 heteroatoms. The number of benzene rings is 1. The van der Waals surface area contributed by atoms with Gasteiger partial charge in [-0.3, -0.25) is 9.59 Å². The second kappa shape index (κ2) is 8.51. The van der Waals surface area contributed by atoms with Crippen molar-refractivity contribution < 1.29 is 9.59 Å². The van der Waals surface area contributed by atoms with Crippen LogP contribution in [0.4, 0.5) is 0 Å². The van der Waals surface area contributed by atoms with Crippen molar-refractivity contribution in [1.29, 1.82) is 0 Å². The van der Waals surface area contributed by atoms with E-state index in [9.17, 15) is 9.59 Å². The molecule has 1 aliphatic heterocycles. The molecule has 1 aromatic carbocycles. The highest BCUT2D eigenvalue weighted by Gasteiger charge is 2.16. The van der Waals surface area contributed by atoms with Gasteiger partial charge in [0, 0.05) is 45.4 Å². The fourth-order valence-corrected chi connectivity index (χ4v) is 2.70. The van der Waals surface area contributed by atoms with Crippen LogP contribution >= 0.6 is 0 Å². The molecule has 1 aliphatic rings. The monoisotopic (exact) mass is 341 g/mol. The van der Waals surface area contributed by atoms with Crippen molar-refractivity contribution in [3.63, 3.8) is 0 Å². The van der Waals surface area contributed by atoms with Crippen molar-refractivity contribution in [2.24, 2.45) is 5.92 Å². The van der Waals surface area contributed by atoms with Crippen molar-refractivity contribution >= 4 is 11.8 Å². The van der Waals surface area contributed by atoms with E-state index in [1.165, 1.54) is 0 Å². The van der Waals surface area contributed by atoms with Gasteiger partial charge in [-0.25, -0.2) is 0 Å². The number of nitrogens with one attached hydrogen (secondary N) is 1. The maximum absolute atomic E-state index is 12.6. The summed E-state index contributed by atoms with van der Waals surface area (Å²) in [6.45, 7) is 7.85. The lowest BCUT2D eigenvalue weighted by Crippen LogP contribution is -2.31. The standard InChI is InChI=1S/C20H27N3O2/c1-15(2)13-23(16(3)24)14-17-7-9-18(10-8-17)20(25)22(4)19-6-5-11-21-12-19/h5-10,12,15,21H,11,13-14H2,1-4H3. The van der Waals surface area contributed by atoms with Gasteiger partial charge in [0.05, 0.1) is 5.70 Å². The first-order valence-electron chi connectivity index (χ1n) is 8.61. The first kappa shape index (κ1) is 18.8. The Morgan fingerprint density at radius 2 is 1.88 bits per heavy atom. The third-order valence-corrected chi connectivity index (χ3v) is 4.07. The molecule has 0 radical (unpaired) electrons. The minimum atomic E-state index is -0.0586. The van der Waals surface area contributed by atoms with E-state index < -0.39 is 0 Å². The fraction of sp³-hybridized carbons (Fsp3) is 0.400. The summed E-state index contributed by atoms with van der Waals surface area (Å²) >= 11 is 0. The number of allylic oxidation sites excluding steroid dienone is 1. The molecular formula is C20H27N3O2. The summed E-state index contributed by atoms with van der Waals surface area (Å²) in [4.78, 5) is 27.8. The van der Waals surface area contributed by atoms with Crippen LogP contribution in [0, 0.1) is 5.92 Å². The van der Waals surface area contributed by atoms with Crippen LogP contribution in [0.1, 0.15) is 36.7 Å². The van der Waals surface area contributed by atoms with E-state index in [2.05, 4.69) is 19.2 Å². The van der Waals surface area contributed by atoms with Crippen LogP contribution < -0.4 is 5.32 Å². The molecule has 0 spiro atoms. The van der Waals surface area contributed by atoms with Crippen LogP contribution in [-0.4, -0.2) is 41.8 Å². The number of dihydropyridines is 1. The molecule has 1 N–H and O–H groups in total. The predicted molar refractivity (Wildman–Crippen MR) is 99.7 cm³/mol. The van der Waals surface area contributed by atoms with Crippen molar-refractivity contribution in [2.45, 2.75) is 27.3 Å². The van der Waals surface area contributed by atoms with Crippen LogP contribution in [0.15, 0.2) is 48.3 Å². The van der Waals surface area contributed by atoms with Gasteiger partial charge < -0.3 is 15.1 Å². The Balaban J connectivity index is 2.05. The summed E-state index contributed by atoms with van der Waals surface area (Å²) in [5.41, 5.74) is 2.48. The second-order valence-corrected chi connectivity index (χ2v) is 6.73. The lowest BCUT2D eigenvalue weighted by Gasteiger charge is -2.23. The van der Waals surface area contributed by atoms with Gasteiger partial charge >= 0.3 is 0 Å². The van der Waals surface area contributed by atoms with E-state index in [4.69, 9.17) is 0 Å². The Morgan fingerprint density at radius 1 is 1.20 bits per heavy atom. The molecule has 0 aromatic heterocycles. The average Bonchev–Trinajstić information content (AvgIpc) is 2.61. The summed E-state index contributed by atoms with van der Waals surface area (Å²) in [6.07, 6.45) is 5.75. The van der Waals surface area contributed by atoms with E-state index in [1.54, 1.807) is 18.9 Å².